The molecular weight excluding hydrogens is 741 g/mol. The molecule has 3 heterocycles. The number of carboxylic acid groups (broad SMARTS) is 1. The minimum atomic E-state index is -2.81. The maximum atomic E-state index is 16.6. The Morgan fingerprint density at radius 1 is 0.772 bits per heavy atom. The Kier molecular flexibility index (Phi) is 9.22. The van der Waals surface area contributed by atoms with E-state index >= 15 is 13.2 Å². The van der Waals surface area contributed by atoms with Crippen molar-refractivity contribution in [1.29, 1.82) is 0 Å². The van der Waals surface area contributed by atoms with Gasteiger partial charge < -0.3 is 10.0 Å². The first-order chi connectivity index (χ1) is 26.8. The number of halogens is 4. The third-order valence-electron chi connectivity index (χ3n) is 13.0. The molecule has 0 saturated heterocycles. The van der Waals surface area contributed by atoms with Gasteiger partial charge in [-0.3, -0.25) is 0 Å². The molecule has 3 aliphatic rings. The van der Waals surface area contributed by atoms with Gasteiger partial charge in [0, 0.05) is 46.9 Å². The van der Waals surface area contributed by atoms with Gasteiger partial charge in [-0.1, -0.05) is 87.6 Å². The van der Waals surface area contributed by atoms with E-state index in [2.05, 4.69) is 101 Å². The predicted octanol–water partition coefficient (Wildman–Crippen LogP) is 8.59. The van der Waals surface area contributed by atoms with Crippen molar-refractivity contribution < 1.29 is 27.5 Å². The van der Waals surface area contributed by atoms with Crippen molar-refractivity contribution in [2.24, 2.45) is 0 Å². The molecule has 0 fully saturated rings. The Balaban J connectivity index is 1.53. The number of nitrogens with zero attached hydrogens (tertiary/aromatic N) is 2. The Labute approximate surface area is 332 Å². The highest BCUT2D eigenvalue weighted by molar-refractivity contribution is 7.01. The molecule has 5 aromatic carbocycles. The van der Waals surface area contributed by atoms with Crippen LogP contribution in [0.4, 0.5) is 23.2 Å². The summed E-state index contributed by atoms with van der Waals surface area (Å²) in [6.07, 6.45) is 1.59. The minimum Gasteiger partial charge on any atom is -0.478 e. The van der Waals surface area contributed by atoms with Gasteiger partial charge in [0.2, 0.25) is 5.36 Å². The number of hydrogen-bond acceptors (Lipinski definition) is 2. The summed E-state index contributed by atoms with van der Waals surface area (Å²) in [4.78, 5) is 15.3. The molecule has 0 bridgehead atoms. The second-order valence-corrected chi connectivity index (χ2v) is 22.5. The first-order valence-electron chi connectivity index (χ1n) is 19.8. The fourth-order valence-corrected chi connectivity index (χ4v) is 13.3. The Hall–Kier alpha value is -5.02. The molecule has 0 radical (unpaired) electrons. The molecule has 3 aliphatic heterocycles. The zero-order chi connectivity index (χ0) is 40.9. The normalized spacial score (nSPS) is 20.0. The van der Waals surface area contributed by atoms with Crippen molar-refractivity contribution in [1.82, 2.24) is 4.58 Å². The van der Waals surface area contributed by atoms with Crippen LogP contribution in [0.3, 0.4) is 0 Å². The van der Waals surface area contributed by atoms with Crippen LogP contribution in [-0.4, -0.2) is 30.2 Å². The third kappa shape index (κ3) is 6.15. The van der Waals surface area contributed by atoms with E-state index in [1.165, 1.54) is 0 Å². The lowest BCUT2D eigenvalue weighted by molar-refractivity contribution is 0.0689. The van der Waals surface area contributed by atoms with E-state index in [1.807, 2.05) is 48.5 Å². The molecule has 1 N–H and O–H groups in total. The van der Waals surface area contributed by atoms with Crippen molar-refractivity contribution in [2.75, 3.05) is 4.90 Å². The number of carboxylic acids is 1. The number of anilines is 1. The van der Waals surface area contributed by atoms with Crippen LogP contribution in [0, 0.1) is 23.3 Å². The van der Waals surface area contributed by atoms with Crippen LogP contribution < -0.4 is 30.4 Å². The van der Waals surface area contributed by atoms with Crippen molar-refractivity contribution in [3.8, 4) is 0 Å². The molecule has 0 saturated carbocycles. The molecule has 0 aliphatic carbocycles. The SMILES string of the molecule is CC1CC(C)(C)N(Cc2ccccc2)c2cc3c(cc21)C(c1c(F)c(F)c(F)c(F)c1C(=O)O)=c1cc2c(cc1[Si]3(C)C)=[N+](Cc1ccccc1)C(C)(C)CC2C. The number of aromatic carboxylic acids is 1. The van der Waals surface area contributed by atoms with Crippen LogP contribution in [0.5, 0.6) is 0 Å². The first-order valence-corrected chi connectivity index (χ1v) is 22.8. The second kappa shape index (κ2) is 13.5. The summed E-state index contributed by atoms with van der Waals surface area (Å²) in [5.41, 5.74) is 3.45. The summed E-state index contributed by atoms with van der Waals surface area (Å²) in [6, 6.07) is 28.9. The van der Waals surface area contributed by atoms with Crippen molar-refractivity contribution in [3.05, 3.63) is 158 Å². The molecule has 9 heteroatoms. The first kappa shape index (κ1) is 38.8. The van der Waals surface area contributed by atoms with E-state index in [1.54, 1.807) is 0 Å². The summed E-state index contributed by atoms with van der Waals surface area (Å²) >= 11 is 0. The third-order valence-corrected chi connectivity index (χ3v) is 16.6. The summed E-state index contributed by atoms with van der Waals surface area (Å²) in [5, 5.41) is 13.8. The van der Waals surface area contributed by atoms with Crippen molar-refractivity contribution in [3.63, 3.8) is 0 Å². The molecule has 5 aromatic rings. The van der Waals surface area contributed by atoms with Crippen LogP contribution in [0.2, 0.25) is 13.1 Å². The van der Waals surface area contributed by atoms with Gasteiger partial charge in [-0.25, -0.2) is 26.9 Å². The van der Waals surface area contributed by atoms with E-state index in [4.69, 9.17) is 0 Å². The smallest absolute Gasteiger partial charge is 0.339 e. The standard InChI is InChI=1S/C48H48F4N2O2Si/c1-27-23-47(3,4)53(25-29-15-11-9-12-16-29)35-21-37-33(19-31(27)35)39(40-41(46(55)56)43(50)45(52)44(51)42(40)49)34-20-32-28(2)24-48(5,6)54(26-30-17-13-10-14-18-30)36(32)22-38(34)57(37,7)8/h9-22,27-28H,23-26H2,1-8H3/p+1. The van der Waals surface area contributed by atoms with Crippen LogP contribution >= 0.6 is 0 Å². The highest BCUT2D eigenvalue weighted by Gasteiger charge is 2.45. The van der Waals surface area contributed by atoms with Crippen LogP contribution in [-0.2, 0) is 13.1 Å². The van der Waals surface area contributed by atoms with E-state index in [0.29, 0.717) is 23.9 Å². The van der Waals surface area contributed by atoms with Gasteiger partial charge in [0.15, 0.2) is 35.4 Å². The summed E-state index contributed by atoms with van der Waals surface area (Å²) in [7, 11) is -2.81. The van der Waals surface area contributed by atoms with E-state index in [-0.39, 0.29) is 28.5 Å². The minimum absolute atomic E-state index is 0.0440. The predicted molar refractivity (Wildman–Crippen MR) is 222 cm³/mol. The highest BCUT2D eigenvalue weighted by atomic mass is 28.3. The van der Waals surface area contributed by atoms with Gasteiger partial charge in [-0.2, -0.15) is 0 Å². The quantitative estimate of drug-likeness (QED) is 0.0617. The summed E-state index contributed by atoms with van der Waals surface area (Å²) < 4.78 is 65.3. The molecule has 57 heavy (non-hydrogen) atoms. The number of hydrogen-bond donors (Lipinski definition) is 1. The fraction of sp³-hybridized carbons (Fsp3) is 0.333. The fourth-order valence-electron chi connectivity index (χ4n) is 10.3. The topological polar surface area (TPSA) is 43.6 Å². The lowest BCUT2D eigenvalue weighted by atomic mass is 9.78. The molecule has 0 aromatic heterocycles. The monoisotopic (exact) mass is 789 g/mol. The molecule has 4 nitrogen and oxygen atoms in total. The molecular formula is C48H49F4N2O2Si+. The van der Waals surface area contributed by atoms with Gasteiger partial charge >= 0.3 is 5.97 Å². The van der Waals surface area contributed by atoms with Crippen molar-refractivity contribution >= 4 is 35.7 Å². The van der Waals surface area contributed by atoms with Crippen LogP contribution in [0.1, 0.15) is 110 Å². The maximum absolute atomic E-state index is 16.6. The largest absolute Gasteiger partial charge is 0.478 e. The van der Waals surface area contributed by atoms with Gasteiger partial charge in [0.25, 0.3) is 0 Å². The average molecular weight is 790 g/mol. The highest BCUT2D eigenvalue weighted by Crippen LogP contribution is 2.46. The zero-order valence-corrected chi connectivity index (χ0v) is 34.8. The number of benzene rings is 5. The Bertz CT molecular complexity index is 2620. The van der Waals surface area contributed by atoms with Gasteiger partial charge in [0.05, 0.1) is 0 Å². The molecule has 0 spiro atoms. The maximum Gasteiger partial charge on any atom is 0.339 e. The molecule has 8 rings (SSSR count). The Morgan fingerprint density at radius 2 is 1.37 bits per heavy atom. The molecule has 2 unspecified atom stereocenters. The summed E-state index contributed by atoms with van der Waals surface area (Å²) in [5.74, 6) is -9.59. The van der Waals surface area contributed by atoms with E-state index < -0.39 is 48.4 Å². The number of carbonyl (C=O) groups is 1. The average Bonchev–Trinajstić information content (AvgIpc) is 3.15. The lowest BCUT2D eigenvalue weighted by Crippen LogP contribution is -2.65. The van der Waals surface area contributed by atoms with Gasteiger partial charge in [-0.15, -0.1) is 0 Å². The van der Waals surface area contributed by atoms with E-state index in [9.17, 15) is 14.3 Å². The lowest BCUT2D eigenvalue weighted by Gasteiger charge is -2.49. The number of rotatable bonds is 6. The van der Waals surface area contributed by atoms with Gasteiger partial charge in [0.1, 0.15) is 13.6 Å². The zero-order valence-electron chi connectivity index (χ0n) is 33.8. The van der Waals surface area contributed by atoms with Crippen molar-refractivity contribution in [2.45, 2.75) is 103 Å². The van der Waals surface area contributed by atoms with Crippen LogP contribution in [0.15, 0.2) is 84.9 Å². The van der Waals surface area contributed by atoms with E-state index in [0.717, 1.165) is 56.5 Å². The Morgan fingerprint density at radius 3 is 2.00 bits per heavy atom. The molecule has 2 atom stereocenters. The summed E-state index contributed by atoms with van der Waals surface area (Å²) in [6.45, 7) is 19.0. The van der Waals surface area contributed by atoms with Gasteiger partial charge in [-0.05, 0) is 102 Å². The number of fused-ring (bicyclic) bond motifs is 4. The molecule has 294 valence electrons. The molecule has 0 amide bonds. The second-order valence-electron chi connectivity index (χ2n) is 18.2. The van der Waals surface area contributed by atoms with Crippen LogP contribution in [0.25, 0.3) is 5.57 Å².